The lowest BCUT2D eigenvalue weighted by molar-refractivity contribution is 0.246. The van der Waals surface area contributed by atoms with E-state index < -0.39 is 15.6 Å². The molecule has 0 aliphatic heterocycles. The first-order chi connectivity index (χ1) is 9.77. The highest BCUT2D eigenvalue weighted by Crippen LogP contribution is 2.26. The second-order valence-electron chi connectivity index (χ2n) is 5.52. The number of aliphatic hydroxyl groups excluding tert-OH is 1. The number of aromatic nitrogens is 1. The summed E-state index contributed by atoms with van der Waals surface area (Å²) in [5.41, 5.74) is 5.92. The first-order valence-corrected chi connectivity index (χ1v) is 8.03. The first-order valence-electron chi connectivity index (χ1n) is 6.55. The van der Waals surface area contributed by atoms with Gasteiger partial charge < -0.3 is 10.8 Å². The molecule has 0 saturated heterocycles. The average molecular weight is 309 g/mol. The molecule has 114 valence electrons. The summed E-state index contributed by atoms with van der Waals surface area (Å²) in [6.07, 6.45) is 1.84. The van der Waals surface area contributed by atoms with Gasteiger partial charge in [0, 0.05) is 29.4 Å². The van der Waals surface area contributed by atoms with Crippen LogP contribution in [0.25, 0.3) is 10.9 Å². The number of rotatable bonds is 5. The van der Waals surface area contributed by atoms with Gasteiger partial charge in [-0.3, -0.25) is 4.98 Å². The fourth-order valence-electron chi connectivity index (χ4n) is 2.13. The van der Waals surface area contributed by atoms with Gasteiger partial charge >= 0.3 is 0 Å². The predicted molar refractivity (Wildman–Crippen MR) is 82.3 cm³/mol. The lowest BCUT2D eigenvalue weighted by Crippen LogP contribution is -2.44. The van der Waals surface area contributed by atoms with E-state index in [4.69, 9.17) is 10.8 Å². The monoisotopic (exact) mass is 309 g/mol. The van der Waals surface area contributed by atoms with E-state index in [2.05, 4.69) is 9.71 Å². The van der Waals surface area contributed by atoms with E-state index in [9.17, 15) is 8.42 Å². The number of nitrogens with two attached hydrogens (primary N) is 1. The number of benzene rings is 1. The van der Waals surface area contributed by atoms with Crippen molar-refractivity contribution in [3.8, 4) is 0 Å². The molecule has 4 N–H and O–H groups in total. The van der Waals surface area contributed by atoms with Crippen molar-refractivity contribution in [2.45, 2.75) is 30.7 Å². The zero-order valence-electron chi connectivity index (χ0n) is 12.0. The van der Waals surface area contributed by atoms with E-state index >= 15 is 0 Å². The smallest absolute Gasteiger partial charge is 0.243 e. The molecule has 0 unspecified atom stereocenters. The molecule has 7 heteroatoms. The Hall–Kier alpha value is -1.70. The number of pyridine rings is 1. The lowest BCUT2D eigenvalue weighted by Gasteiger charge is -2.25. The van der Waals surface area contributed by atoms with Crippen LogP contribution in [0.2, 0.25) is 0 Å². The number of hydrogen-bond acceptors (Lipinski definition) is 5. The number of anilines is 1. The van der Waals surface area contributed by atoms with Gasteiger partial charge in [-0.25, -0.2) is 13.1 Å². The molecule has 0 atom stereocenters. The van der Waals surface area contributed by atoms with Crippen molar-refractivity contribution >= 4 is 26.6 Å². The number of aliphatic hydroxyl groups is 1. The van der Waals surface area contributed by atoms with E-state index in [0.29, 0.717) is 23.0 Å². The van der Waals surface area contributed by atoms with Crippen molar-refractivity contribution in [3.63, 3.8) is 0 Å². The van der Waals surface area contributed by atoms with Crippen molar-refractivity contribution in [1.82, 2.24) is 9.71 Å². The molecule has 1 aromatic carbocycles. The van der Waals surface area contributed by atoms with Gasteiger partial charge in [0.05, 0.1) is 5.52 Å². The number of sulfonamides is 1. The second kappa shape index (κ2) is 5.59. The van der Waals surface area contributed by atoms with Gasteiger partial charge in [-0.15, -0.1) is 0 Å². The van der Waals surface area contributed by atoms with E-state index in [1.807, 2.05) is 0 Å². The van der Waals surface area contributed by atoms with Crippen molar-refractivity contribution in [1.29, 1.82) is 0 Å². The van der Waals surface area contributed by atoms with Crippen molar-refractivity contribution < 1.29 is 13.5 Å². The molecule has 0 aliphatic rings. The zero-order chi connectivity index (χ0) is 15.7. The number of nitrogens with zero attached hydrogens (tertiary/aromatic N) is 1. The van der Waals surface area contributed by atoms with Crippen LogP contribution in [0.1, 0.15) is 20.3 Å². The standard InChI is InChI=1S/C14H19N3O3S/c1-14(2,7-9-18)17-21(19,20)12-6-5-11(15)10-4-3-8-16-13(10)12/h3-6,8,17-18H,7,9,15H2,1-2H3. The molecule has 0 spiro atoms. The molecule has 1 aromatic heterocycles. The van der Waals surface area contributed by atoms with Crippen LogP contribution in [0.4, 0.5) is 5.69 Å². The molecule has 6 nitrogen and oxygen atoms in total. The van der Waals surface area contributed by atoms with Gasteiger partial charge in [0.1, 0.15) is 4.90 Å². The Morgan fingerprint density at radius 1 is 1.33 bits per heavy atom. The summed E-state index contributed by atoms with van der Waals surface area (Å²) in [6, 6.07) is 6.44. The summed E-state index contributed by atoms with van der Waals surface area (Å²) in [7, 11) is -3.76. The summed E-state index contributed by atoms with van der Waals surface area (Å²) in [6.45, 7) is 3.33. The molecule has 1 heterocycles. The molecule has 2 rings (SSSR count). The van der Waals surface area contributed by atoms with E-state index in [0.717, 1.165) is 0 Å². The maximum atomic E-state index is 12.6. The highest BCUT2D eigenvalue weighted by molar-refractivity contribution is 7.89. The Bertz CT molecular complexity index is 757. The molecule has 2 aromatic rings. The number of fused-ring (bicyclic) bond motifs is 1. The van der Waals surface area contributed by atoms with Gasteiger partial charge in [0.2, 0.25) is 10.0 Å². The van der Waals surface area contributed by atoms with Gasteiger partial charge in [0.15, 0.2) is 0 Å². The van der Waals surface area contributed by atoms with E-state index in [-0.39, 0.29) is 11.5 Å². The largest absolute Gasteiger partial charge is 0.398 e. The maximum absolute atomic E-state index is 12.6. The summed E-state index contributed by atoms with van der Waals surface area (Å²) in [4.78, 5) is 4.22. The maximum Gasteiger partial charge on any atom is 0.243 e. The van der Waals surface area contributed by atoms with Gasteiger partial charge in [-0.1, -0.05) is 0 Å². The molecule has 0 bridgehead atoms. The molecular formula is C14H19N3O3S. The summed E-state index contributed by atoms with van der Waals surface area (Å²) < 4.78 is 27.7. The topological polar surface area (TPSA) is 105 Å². The highest BCUT2D eigenvalue weighted by Gasteiger charge is 2.27. The quantitative estimate of drug-likeness (QED) is 0.721. The van der Waals surface area contributed by atoms with Gasteiger partial charge in [-0.2, -0.15) is 0 Å². The number of nitrogens with one attached hydrogen (secondary N) is 1. The van der Waals surface area contributed by atoms with E-state index in [1.165, 1.54) is 12.3 Å². The minimum Gasteiger partial charge on any atom is -0.398 e. The number of hydrogen-bond donors (Lipinski definition) is 3. The van der Waals surface area contributed by atoms with Crippen LogP contribution in [-0.2, 0) is 10.0 Å². The SMILES string of the molecule is CC(C)(CCO)NS(=O)(=O)c1ccc(N)c2cccnc12. The summed E-state index contributed by atoms with van der Waals surface area (Å²) >= 11 is 0. The third-order valence-corrected chi connectivity index (χ3v) is 4.93. The minimum absolute atomic E-state index is 0.0818. The molecular weight excluding hydrogens is 290 g/mol. The van der Waals surface area contributed by atoms with Crippen molar-refractivity contribution in [2.75, 3.05) is 12.3 Å². The lowest BCUT2D eigenvalue weighted by atomic mass is 10.0. The zero-order valence-corrected chi connectivity index (χ0v) is 12.8. The molecule has 0 fully saturated rings. The van der Waals surface area contributed by atoms with Crippen LogP contribution < -0.4 is 10.5 Å². The Morgan fingerprint density at radius 2 is 2.05 bits per heavy atom. The number of nitrogen functional groups attached to an aromatic ring is 1. The van der Waals surface area contributed by atoms with Crippen molar-refractivity contribution in [3.05, 3.63) is 30.5 Å². The van der Waals surface area contributed by atoms with E-state index in [1.54, 1.807) is 32.0 Å². The predicted octanol–water partition coefficient (Wildman–Crippen LogP) is 1.26. The second-order valence-corrected chi connectivity index (χ2v) is 7.17. The third-order valence-electron chi connectivity index (χ3n) is 3.20. The molecule has 0 saturated carbocycles. The Balaban J connectivity index is 2.54. The summed E-state index contributed by atoms with van der Waals surface area (Å²) in [5.74, 6) is 0. The van der Waals surface area contributed by atoms with Crippen LogP contribution in [0, 0.1) is 0 Å². The van der Waals surface area contributed by atoms with Crippen LogP contribution >= 0.6 is 0 Å². The van der Waals surface area contributed by atoms with Gasteiger partial charge in [-0.05, 0) is 44.5 Å². The fraction of sp³-hybridized carbons (Fsp3) is 0.357. The first kappa shape index (κ1) is 15.7. The average Bonchev–Trinajstić information content (AvgIpc) is 2.37. The van der Waals surface area contributed by atoms with Crippen LogP contribution in [0.5, 0.6) is 0 Å². The van der Waals surface area contributed by atoms with Gasteiger partial charge in [0.25, 0.3) is 0 Å². The molecule has 0 radical (unpaired) electrons. The molecule has 21 heavy (non-hydrogen) atoms. The normalized spacial score (nSPS) is 12.7. The highest BCUT2D eigenvalue weighted by atomic mass is 32.2. The van der Waals surface area contributed by atoms with Crippen LogP contribution in [0.15, 0.2) is 35.4 Å². The van der Waals surface area contributed by atoms with Crippen LogP contribution in [-0.4, -0.2) is 30.7 Å². The molecule has 0 aliphatic carbocycles. The minimum atomic E-state index is -3.76. The Labute approximate surface area is 124 Å². The third kappa shape index (κ3) is 3.31. The fourth-order valence-corrected chi connectivity index (χ4v) is 3.74. The van der Waals surface area contributed by atoms with Crippen LogP contribution in [0.3, 0.4) is 0 Å². The Kier molecular flexibility index (Phi) is 4.18. The molecule has 0 amide bonds. The Morgan fingerprint density at radius 3 is 2.71 bits per heavy atom. The summed E-state index contributed by atoms with van der Waals surface area (Å²) in [5, 5.41) is 9.61. The van der Waals surface area contributed by atoms with Crippen molar-refractivity contribution in [2.24, 2.45) is 0 Å².